The van der Waals surface area contributed by atoms with Gasteiger partial charge in [-0.2, -0.15) is 0 Å². The SMILES string of the molecule is COC1(CN2CCC(N)C2)CCC1. The monoisotopic (exact) mass is 184 g/mol. The first-order chi connectivity index (χ1) is 6.24. The Morgan fingerprint density at radius 1 is 1.54 bits per heavy atom. The van der Waals surface area contributed by atoms with Crippen molar-refractivity contribution in [2.24, 2.45) is 5.73 Å². The number of nitrogens with two attached hydrogens (primary N) is 1. The van der Waals surface area contributed by atoms with Crippen molar-refractivity contribution in [3.63, 3.8) is 0 Å². The lowest BCUT2D eigenvalue weighted by Crippen LogP contribution is -2.49. The molecule has 0 bridgehead atoms. The Hall–Kier alpha value is -0.120. The number of hydrogen-bond donors (Lipinski definition) is 1. The molecule has 0 aromatic heterocycles. The Balaban J connectivity index is 1.83. The lowest BCUT2D eigenvalue weighted by Gasteiger charge is -2.43. The van der Waals surface area contributed by atoms with Crippen molar-refractivity contribution in [1.29, 1.82) is 0 Å². The first-order valence-corrected chi connectivity index (χ1v) is 5.27. The van der Waals surface area contributed by atoms with Crippen LogP contribution in [0.3, 0.4) is 0 Å². The summed E-state index contributed by atoms with van der Waals surface area (Å²) in [6.07, 6.45) is 4.94. The molecule has 3 heteroatoms. The van der Waals surface area contributed by atoms with Gasteiger partial charge < -0.3 is 10.5 Å². The van der Waals surface area contributed by atoms with Gasteiger partial charge in [0.1, 0.15) is 0 Å². The van der Waals surface area contributed by atoms with E-state index in [2.05, 4.69) is 4.90 Å². The maximum absolute atomic E-state index is 5.86. The van der Waals surface area contributed by atoms with Gasteiger partial charge in [0.25, 0.3) is 0 Å². The van der Waals surface area contributed by atoms with E-state index in [9.17, 15) is 0 Å². The van der Waals surface area contributed by atoms with Crippen LogP contribution in [0.5, 0.6) is 0 Å². The Bertz CT molecular complexity index is 174. The van der Waals surface area contributed by atoms with E-state index in [1.807, 2.05) is 7.11 Å². The average molecular weight is 184 g/mol. The summed E-state index contributed by atoms with van der Waals surface area (Å²) in [5.74, 6) is 0. The molecule has 1 aliphatic carbocycles. The fraction of sp³-hybridized carbons (Fsp3) is 1.00. The Labute approximate surface area is 80.2 Å². The van der Waals surface area contributed by atoms with Gasteiger partial charge in [-0.1, -0.05) is 0 Å². The summed E-state index contributed by atoms with van der Waals surface area (Å²) in [5, 5.41) is 0. The maximum atomic E-state index is 5.86. The predicted molar refractivity (Wildman–Crippen MR) is 52.6 cm³/mol. The molecule has 2 fully saturated rings. The quantitative estimate of drug-likeness (QED) is 0.697. The van der Waals surface area contributed by atoms with Gasteiger partial charge in [0.15, 0.2) is 0 Å². The van der Waals surface area contributed by atoms with Crippen LogP contribution < -0.4 is 5.73 Å². The largest absolute Gasteiger partial charge is 0.377 e. The molecule has 2 N–H and O–H groups in total. The number of methoxy groups -OCH3 is 1. The van der Waals surface area contributed by atoms with Gasteiger partial charge in [-0.15, -0.1) is 0 Å². The van der Waals surface area contributed by atoms with Gasteiger partial charge in [-0.3, -0.25) is 4.90 Å². The van der Waals surface area contributed by atoms with E-state index in [1.54, 1.807) is 0 Å². The van der Waals surface area contributed by atoms with Crippen molar-refractivity contribution in [3.05, 3.63) is 0 Å². The van der Waals surface area contributed by atoms with Gasteiger partial charge in [0.05, 0.1) is 5.60 Å². The molecule has 1 unspecified atom stereocenters. The second-order valence-corrected chi connectivity index (χ2v) is 4.52. The van der Waals surface area contributed by atoms with Crippen molar-refractivity contribution in [3.8, 4) is 0 Å². The topological polar surface area (TPSA) is 38.5 Å². The molecule has 1 aliphatic heterocycles. The lowest BCUT2D eigenvalue weighted by atomic mass is 9.79. The molecular formula is C10H20N2O. The van der Waals surface area contributed by atoms with Gasteiger partial charge in [-0.25, -0.2) is 0 Å². The summed E-state index contributed by atoms with van der Waals surface area (Å²) >= 11 is 0. The first kappa shape index (κ1) is 9.44. The summed E-state index contributed by atoms with van der Waals surface area (Å²) < 4.78 is 5.59. The average Bonchev–Trinajstić information content (AvgIpc) is 2.44. The van der Waals surface area contributed by atoms with Crippen LogP contribution in [0.1, 0.15) is 25.7 Å². The van der Waals surface area contributed by atoms with Crippen LogP contribution in [0.15, 0.2) is 0 Å². The van der Waals surface area contributed by atoms with E-state index in [0.29, 0.717) is 6.04 Å². The summed E-state index contributed by atoms with van der Waals surface area (Å²) in [6.45, 7) is 3.31. The highest BCUT2D eigenvalue weighted by atomic mass is 16.5. The molecular weight excluding hydrogens is 164 g/mol. The van der Waals surface area contributed by atoms with Crippen molar-refractivity contribution in [1.82, 2.24) is 4.90 Å². The smallest absolute Gasteiger partial charge is 0.0805 e. The number of rotatable bonds is 3. The Morgan fingerprint density at radius 2 is 2.31 bits per heavy atom. The minimum absolute atomic E-state index is 0.185. The van der Waals surface area contributed by atoms with Crippen LogP contribution in [0, 0.1) is 0 Å². The minimum Gasteiger partial charge on any atom is -0.377 e. The molecule has 0 aromatic rings. The highest BCUT2D eigenvalue weighted by Gasteiger charge is 2.39. The third-order valence-corrected chi connectivity index (χ3v) is 3.52. The number of nitrogens with zero attached hydrogens (tertiary/aromatic N) is 1. The second-order valence-electron chi connectivity index (χ2n) is 4.52. The highest BCUT2D eigenvalue weighted by Crippen LogP contribution is 2.36. The highest BCUT2D eigenvalue weighted by molar-refractivity contribution is 4.94. The summed E-state index contributed by atoms with van der Waals surface area (Å²) in [4.78, 5) is 2.45. The van der Waals surface area contributed by atoms with Gasteiger partial charge >= 0.3 is 0 Å². The van der Waals surface area contributed by atoms with Gasteiger partial charge in [-0.05, 0) is 32.2 Å². The van der Waals surface area contributed by atoms with Crippen molar-refractivity contribution in [2.75, 3.05) is 26.7 Å². The molecule has 1 heterocycles. The fourth-order valence-corrected chi connectivity index (χ4v) is 2.41. The minimum atomic E-state index is 0.185. The number of hydrogen-bond acceptors (Lipinski definition) is 3. The molecule has 1 saturated carbocycles. The molecule has 1 atom stereocenters. The number of likely N-dealkylation sites (tertiary alicyclic amines) is 1. The van der Waals surface area contributed by atoms with E-state index in [4.69, 9.17) is 10.5 Å². The van der Waals surface area contributed by atoms with Crippen LogP contribution in [-0.4, -0.2) is 43.3 Å². The van der Waals surface area contributed by atoms with E-state index in [-0.39, 0.29) is 5.60 Å². The molecule has 13 heavy (non-hydrogen) atoms. The van der Waals surface area contributed by atoms with Gasteiger partial charge in [0.2, 0.25) is 0 Å². The standard InChI is InChI=1S/C10H20N2O/c1-13-10(4-2-5-10)8-12-6-3-9(11)7-12/h9H,2-8,11H2,1H3. The number of ether oxygens (including phenoxy) is 1. The molecule has 2 rings (SSSR count). The molecule has 2 aliphatic rings. The van der Waals surface area contributed by atoms with Gasteiger partial charge in [0, 0.05) is 26.2 Å². The first-order valence-electron chi connectivity index (χ1n) is 5.27. The van der Waals surface area contributed by atoms with E-state index >= 15 is 0 Å². The van der Waals surface area contributed by atoms with Crippen LogP contribution in [0.4, 0.5) is 0 Å². The van der Waals surface area contributed by atoms with E-state index in [0.717, 1.165) is 26.1 Å². The predicted octanol–water partition coefficient (Wildman–Crippen LogP) is 0.588. The zero-order valence-electron chi connectivity index (χ0n) is 8.46. The third kappa shape index (κ3) is 1.87. The van der Waals surface area contributed by atoms with Crippen molar-refractivity contribution in [2.45, 2.75) is 37.3 Å². The molecule has 0 aromatic carbocycles. The van der Waals surface area contributed by atoms with Crippen LogP contribution in [-0.2, 0) is 4.74 Å². The van der Waals surface area contributed by atoms with Crippen LogP contribution >= 0.6 is 0 Å². The van der Waals surface area contributed by atoms with Crippen molar-refractivity contribution >= 4 is 0 Å². The summed E-state index contributed by atoms with van der Waals surface area (Å²) in [7, 11) is 1.84. The van der Waals surface area contributed by atoms with E-state index in [1.165, 1.54) is 19.3 Å². The molecule has 0 radical (unpaired) electrons. The molecule has 0 spiro atoms. The zero-order valence-corrected chi connectivity index (χ0v) is 8.46. The third-order valence-electron chi connectivity index (χ3n) is 3.52. The molecule has 0 amide bonds. The normalized spacial score (nSPS) is 33.2. The van der Waals surface area contributed by atoms with Crippen molar-refractivity contribution < 1.29 is 4.74 Å². The van der Waals surface area contributed by atoms with E-state index < -0.39 is 0 Å². The molecule has 3 nitrogen and oxygen atoms in total. The van der Waals surface area contributed by atoms with Crippen LogP contribution in [0.25, 0.3) is 0 Å². The summed E-state index contributed by atoms with van der Waals surface area (Å²) in [6, 6.07) is 0.397. The summed E-state index contributed by atoms with van der Waals surface area (Å²) in [5.41, 5.74) is 6.05. The lowest BCUT2D eigenvalue weighted by molar-refractivity contribution is -0.0885. The fourth-order valence-electron chi connectivity index (χ4n) is 2.41. The molecule has 76 valence electrons. The van der Waals surface area contributed by atoms with Crippen LogP contribution in [0.2, 0.25) is 0 Å². The Kier molecular flexibility index (Phi) is 2.58. The second kappa shape index (κ2) is 3.56. The molecule has 1 saturated heterocycles. The zero-order chi connectivity index (χ0) is 9.31. The Morgan fingerprint density at radius 3 is 2.69 bits per heavy atom. The maximum Gasteiger partial charge on any atom is 0.0805 e.